The number of benzene rings is 1. The highest BCUT2D eigenvalue weighted by Crippen LogP contribution is 2.18. The molecule has 0 unspecified atom stereocenters. The minimum atomic E-state index is -0.0500. The lowest BCUT2D eigenvalue weighted by atomic mass is 10.2. The largest absolute Gasteiger partial charge is 0.496 e. The molecule has 2 aromatic rings. The maximum Gasteiger partial charge on any atom is 0.243 e. The van der Waals surface area contributed by atoms with Gasteiger partial charge in [-0.2, -0.15) is 0 Å². The molecule has 1 amide bonds. The Balaban J connectivity index is 2.06. The molecular formula is C20H28N4O3. The van der Waals surface area contributed by atoms with Crippen molar-refractivity contribution in [1.82, 2.24) is 15.1 Å². The molecule has 1 aromatic carbocycles. The van der Waals surface area contributed by atoms with E-state index in [0.29, 0.717) is 19.0 Å². The van der Waals surface area contributed by atoms with E-state index in [1.54, 1.807) is 27.5 Å². The molecule has 1 aromatic heterocycles. The highest BCUT2D eigenvalue weighted by molar-refractivity contribution is 5.84. The Morgan fingerprint density at radius 2 is 1.96 bits per heavy atom. The standard InChI is InChI=1S/C20H28N4O3/c1-23(2)19(25)14-22-20(21-12-11-17-9-7-13-27-17)24(3)15-16-8-5-6-10-18(16)26-4/h5-10,13H,11-12,14-15H2,1-4H3,(H,21,22). The van der Waals surface area contributed by atoms with E-state index in [-0.39, 0.29) is 12.5 Å². The Morgan fingerprint density at radius 3 is 2.63 bits per heavy atom. The van der Waals surface area contributed by atoms with Crippen LogP contribution in [0, 0.1) is 0 Å². The number of furan rings is 1. The molecule has 0 atom stereocenters. The summed E-state index contributed by atoms with van der Waals surface area (Å²) in [7, 11) is 7.04. The zero-order valence-corrected chi connectivity index (χ0v) is 16.4. The van der Waals surface area contributed by atoms with E-state index >= 15 is 0 Å². The van der Waals surface area contributed by atoms with Gasteiger partial charge in [0, 0.05) is 46.2 Å². The molecule has 27 heavy (non-hydrogen) atoms. The van der Waals surface area contributed by atoms with Crippen LogP contribution in [0.4, 0.5) is 0 Å². The van der Waals surface area contributed by atoms with Crippen molar-refractivity contribution in [2.45, 2.75) is 13.0 Å². The minimum absolute atomic E-state index is 0.0500. The topological polar surface area (TPSA) is 70.3 Å². The number of para-hydroxylation sites is 1. The fourth-order valence-corrected chi connectivity index (χ4v) is 2.51. The van der Waals surface area contributed by atoms with Crippen molar-refractivity contribution < 1.29 is 13.9 Å². The first-order chi connectivity index (χ1) is 13.0. The maximum absolute atomic E-state index is 11.9. The van der Waals surface area contributed by atoms with Gasteiger partial charge in [0.1, 0.15) is 18.1 Å². The average Bonchev–Trinajstić information content (AvgIpc) is 3.17. The van der Waals surface area contributed by atoms with Crippen LogP contribution in [-0.2, 0) is 17.8 Å². The number of hydrogen-bond acceptors (Lipinski definition) is 4. The molecule has 0 aliphatic carbocycles. The Morgan fingerprint density at radius 1 is 1.19 bits per heavy atom. The highest BCUT2D eigenvalue weighted by atomic mass is 16.5. The number of amides is 1. The molecule has 0 saturated carbocycles. The maximum atomic E-state index is 11.9. The van der Waals surface area contributed by atoms with Gasteiger partial charge in [-0.1, -0.05) is 18.2 Å². The lowest BCUT2D eigenvalue weighted by Gasteiger charge is -2.23. The Labute approximate surface area is 160 Å². The van der Waals surface area contributed by atoms with Crippen LogP contribution in [0.25, 0.3) is 0 Å². The summed E-state index contributed by atoms with van der Waals surface area (Å²) < 4.78 is 10.8. The van der Waals surface area contributed by atoms with E-state index in [1.807, 2.05) is 48.3 Å². The molecule has 0 spiro atoms. The molecule has 0 aliphatic rings. The first kappa shape index (κ1) is 20.4. The van der Waals surface area contributed by atoms with Crippen LogP contribution in [0.3, 0.4) is 0 Å². The second kappa shape index (κ2) is 10.3. The summed E-state index contributed by atoms with van der Waals surface area (Å²) in [5, 5.41) is 3.31. The molecule has 0 saturated heterocycles. The predicted octanol–water partition coefficient (Wildman–Crippen LogP) is 2.00. The SMILES string of the molecule is COc1ccccc1CN(C)C(=NCC(=O)N(C)C)NCCc1ccco1. The summed E-state index contributed by atoms with van der Waals surface area (Å²) in [6.07, 6.45) is 2.39. The van der Waals surface area contributed by atoms with E-state index < -0.39 is 0 Å². The number of ether oxygens (including phenoxy) is 1. The summed E-state index contributed by atoms with van der Waals surface area (Å²) in [6, 6.07) is 11.7. The number of aliphatic imine (C=N–C) groups is 1. The van der Waals surface area contributed by atoms with E-state index in [0.717, 1.165) is 23.5 Å². The molecule has 0 radical (unpaired) electrons. The molecule has 1 heterocycles. The number of nitrogens with one attached hydrogen (secondary N) is 1. The molecule has 7 nitrogen and oxygen atoms in total. The summed E-state index contributed by atoms with van der Waals surface area (Å²) in [5.74, 6) is 2.33. The zero-order chi connectivity index (χ0) is 19.6. The van der Waals surface area contributed by atoms with Gasteiger partial charge in [-0.25, -0.2) is 4.99 Å². The van der Waals surface area contributed by atoms with Crippen LogP contribution in [0.15, 0.2) is 52.1 Å². The average molecular weight is 372 g/mol. The van der Waals surface area contributed by atoms with Crippen LogP contribution < -0.4 is 10.1 Å². The van der Waals surface area contributed by atoms with Crippen molar-refractivity contribution in [3.63, 3.8) is 0 Å². The Bertz CT molecular complexity index is 741. The normalized spacial score (nSPS) is 11.2. The van der Waals surface area contributed by atoms with Gasteiger partial charge < -0.3 is 24.3 Å². The second-order valence-corrected chi connectivity index (χ2v) is 6.35. The van der Waals surface area contributed by atoms with E-state index in [4.69, 9.17) is 9.15 Å². The molecule has 0 fully saturated rings. The summed E-state index contributed by atoms with van der Waals surface area (Å²) in [6.45, 7) is 1.35. The lowest BCUT2D eigenvalue weighted by molar-refractivity contribution is -0.127. The van der Waals surface area contributed by atoms with Crippen LogP contribution >= 0.6 is 0 Å². The zero-order valence-electron chi connectivity index (χ0n) is 16.4. The molecule has 0 bridgehead atoms. The van der Waals surface area contributed by atoms with E-state index in [9.17, 15) is 4.79 Å². The van der Waals surface area contributed by atoms with Gasteiger partial charge in [-0.05, 0) is 18.2 Å². The number of methoxy groups -OCH3 is 1. The number of carbonyl (C=O) groups is 1. The van der Waals surface area contributed by atoms with Crippen molar-refractivity contribution >= 4 is 11.9 Å². The molecule has 0 aliphatic heterocycles. The van der Waals surface area contributed by atoms with Crippen molar-refractivity contribution in [3.8, 4) is 5.75 Å². The fraction of sp³-hybridized carbons (Fsp3) is 0.400. The summed E-state index contributed by atoms with van der Waals surface area (Å²) >= 11 is 0. The Kier molecular flexibility index (Phi) is 7.73. The van der Waals surface area contributed by atoms with E-state index in [1.165, 1.54) is 4.90 Å². The summed E-state index contributed by atoms with van der Waals surface area (Å²) in [4.78, 5) is 19.9. The molecule has 1 N–H and O–H groups in total. The monoisotopic (exact) mass is 372 g/mol. The molecular weight excluding hydrogens is 344 g/mol. The van der Waals surface area contributed by atoms with Crippen LogP contribution in [-0.4, -0.2) is 63.0 Å². The van der Waals surface area contributed by atoms with E-state index in [2.05, 4.69) is 10.3 Å². The van der Waals surface area contributed by atoms with Gasteiger partial charge in [-0.15, -0.1) is 0 Å². The molecule has 7 heteroatoms. The Hall–Kier alpha value is -2.96. The van der Waals surface area contributed by atoms with Gasteiger partial charge in [-0.3, -0.25) is 4.79 Å². The minimum Gasteiger partial charge on any atom is -0.496 e. The number of guanidine groups is 1. The number of carbonyl (C=O) groups excluding carboxylic acids is 1. The number of hydrogen-bond donors (Lipinski definition) is 1. The van der Waals surface area contributed by atoms with Crippen LogP contribution in [0.1, 0.15) is 11.3 Å². The number of nitrogens with zero attached hydrogens (tertiary/aromatic N) is 3. The first-order valence-electron chi connectivity index (χ1n) is 8.85. The molecule has 146 valence electrons. The van der Waals surface area contributed by atoms with Gasteiger partial charge in [0.15, 0.2) is 5.96 Å². The summed E-state index contributed by atoms with van der Waals surface area (Å²) in [5.41, 5.74) is 1.04. The van der Waals surface area contributed by atoms with Crippen molar-refractivity contribution in [2.75, 3.05) is 41.3 Å². The van der Waals surface area contributed by atoms with Gasteiger partial charge in [0.25, 0.3) is 0 Å². The van der Waals surface area contributed by atoms with Gasteiger partial charge in [0.2, 0.25) is 5.91 Å². The number of likely N-dealkylation sites (N-methyl/N-ethyl adjacent to an activating group) is 1. The highest BCUT2D eigenvalue weighted by Gasteiger charge is 2.12. The third-order valence-corrected chi connectivity index (χ3v) is 4.06. The third-order valence-electron chi connectivity index (χ3n) is 4.06. The first-order valence-corrected chi connectivity index (χ1v) is 8.85. The smallest absolute Gasteiger partial charge is 0.243 e. The van der Waals surface area contributed by atoms with Crippen LogP contribution in [0.5, 0.6) is 5.75 Å². The lowest BCUT2D eigenvalue weighted by Crippen LogP contribution is -2.40. The number of rotatable bonds is 8. The molecule has 2 rings (SSSR count). The van der Waals surface area contributed by atoms with Crippen molar-refractivity contribution in [2.24, 2.45) is 4.99 Å². The quantitative estimate of drug-likeness (QED) is 0.567. The van der Waals surface area contributed by atoms with Gasteiger partial charge in [0.05, 0.1) is 13.4 Å². The third kappa shape index (κ3) is 6.36. The second-order valence-electron chi connectivity index (χ2n) is 6.35. The van der Waals surface area contributed by atoms with Crippen LogP contribution in [0.2, 0.25) is 0 Å². The van der Waals surface area contributed by atoms with Crippen molar-refractivity contribution in [1.29, 1.82) is 0 Å². The van der Waals surface area contributed by atoms with Gasteiger partial charge >= 0.3 is 0 Å². The predicted molar refractivity (Wildman–Crippen MR) is 106 cm³/mol. The fourth-order valence-electron chi connectivity index (χ4n) is 2.51. The van der Waals surface area contributed by atoms with Crippen molar-refractivity contribution in [3.05, 3.63) is 54.0 Å².